The molecule has 1 unspecified atom stereocenters. The highest BCUT2D eigenvalue weighted by Gasteiger charge is 2.18. The van der Waals surface area contributed by atoms with Crippen molar-refractivity contribution < 1.29 is 13.9 Å². The molecule has 92 valence electrons. The van der Waals surface area contributed by atoms with Gasteiger partial charge in [-0.3, -0.25) is 4.79 Å². The Hall–Kier alpha value is -0.940. The highest BCUT2D eigenvalue weighted by molar-refractivity contribution is 9.10. The van der Waals surface area contributed by atoms with Gasteiger partial charge in [-0.05, 0) is 24.6 Å². The van der Waals surface area contributed by atoms with Gasteiger partial charge in [-0.15, -0.1) is 0 Å². The summed E-state index contributed by atoms with van der Waals surface area (Å²) in [6.45, 7) is 1.95. The number of carbonyl (C=O) groups excluding carboxylic acids is 1. The monoisotopic (exact) mass is 301 g/mol. The maximum absolute atomic E-state index is 13.5. The first-order chi connectivity index (χ1) is 8.16. The van der Waals surface area contributed by atoms with E-state index in [1.807, 2.05) is 0 Å². The fourth-order valence-corrected chi connectivity index (χ4v) is 2.08. The third-order valence-electron chi connectivity index (χ3n) is 2.75. The lowest BCUT2D eigenvalue weighted by Gasteiger charge is -2.10. The molecule has 1 aliphatic heterocycles. The van der Waals surface area contributed by atoms with E-state index in [4.69, 9.17) is 4.74 Å². The minimum Gasteiger partial charge on any atom is -0.381 e. The van der Waals surface area contributed by atoms with Crippen LogP contribution in [0, 0.1) is 11.7 Å². The van der Waals surface area contributed by atoms with Gasteiger partial charge in [0.05, 0.1) is 12.2 Å². The van der Waals surface area contributed by atoms with Crippen LogP contribution in [0.25, 0.3) is 0 Å². The van der Waals surface area contributed by atoms with Crippen LogP contribution in [0.2, 0.25) is 0 Å². The lowest BCUT2D eigenvalue weighted by atomic mass is 10.1. The summed E-state index contributed by atoms with van der Waals surface area (Å²) in [4.78, 5) is 11.7. The van der Waals surface area contributed by atoms with Crippen LogP contribution in [0.5, 0.6) is 0 Å². The van der Waals surface area contributed by atoms with Crippen molar-refractivity contribution in [2.24, 2.45) is 5.92 Å². The molecule has 5 heteroatoms. The number of carbonyl (C=O) groups is 1. The van der Waals surface area contributed by atoms with Crippen molar-refractivity contribution in [3.05, 3.63) is 34.1 Å². The maximum atomic E-state index is 13.5. The minimum atomic E-state index is -0.514. The van der Waals surface area contributed by atoms with Gasteiger partial charge in [-0.1, -0.05) is 15.9 Å². The first kappa shape index (κ1) is 12.5. The molecule has 0 bridgehead atoms. The molecule has 1 atom stereocenters. The van der Waals surface area contributed by atoms with E-state index in [1.54, 1.807) is 6.07 Å². The fraction of sp³-hybridized carbons (Fsp3) is 0.417. The van der Waals surface area contributed by atoms with E-state index < -0.39 is 5.82 Å². The minimum absolute atomic E-state index is 0.0760. The molecular formula is C12H13BrFNO2. The molecule has 2 rings (SSSR count). The topological polar surface area (TPSA) is 38.3 Å². The van der Waals surface area contributed by atoms with Crippen molar-refractivity contribution in [3.8, 4) is 0 Å². The summed E-state index contributed by atoms with van der Waals surface area (Å²) in [5.41, 5.74) is 0.0760. The molecule has 0 aromatic heterocycles. The van der Waals surface area contributed by atoms with E-state index in [9.17, 15) is 9.18 Å². The van der Waals surface area contributed by atoms with E-state index in [0.717, 1.165) is 13.0 Å². The molecule has 0 saturated carbocycles. The smallest absolute Gasteiger partial charge is 0.254 e. The second kappa shape index (κ2) is 5.60. The molecule has 1 aromatic carbocycles. The van der Waals surface area contributed by atoms with Crippen molar-refractivity contribution in [2.75, 3.05) is 19.8 Å². The second-order valence-electron chi connectivity index (χ2n) is 4.06. The Morgan fingerprint density at radius 3 is 3.06 bits per heavy atom. The van der Waals surface area contributed by atoms with E-state index in [1.165, 1.54) is 12.1 Å². The van der Waals surface area contributed by atoms with Crippen molar-refractivity contribution in [1.82, 2.24) is 5.32 Å². The second-order valence-corrected chi connectivity index (χ2v) is 4.98. The number of hydrogen-bond donors (Lipinski definition) is 1. The highest BCUT2D eigenvalue weighted by atomic mass is 79.9. The number of hydrogen-bond acceptors (Lipinski definition) is 2. The first-order valence-electron chi connectivity index (χ1n) is 5.48. The van der Waals surface area contributed by atoms with Crippen LogP contribution in [0.4, 0.5) is 4.39 Å². The van der Waals surface area contributed by atoms with Crippen LogP contribution in [0.3, 0.4) is 0 Å². The normalized spacial score (nSPS) is 19.3. The summed E-state index contributed by atoms with van der Waals surface area (Å²) in [7, 11) is 0. The number of ether oxygens (including phenoxy) is 1. The zero-order valence-electron chi connectivity index (χ0n) is 9.21. The van der Waals surface area contributed by atoms with Gasteiger partial charge in [-0.25, -0.2) is 4.39 Å². The largest absolute Gasteiger partial charge is 0.381 e. The number of rotatable bonds is 3. The maximum Gasteiger partial charge on any atom is 0.254 e. The third kappa shape index (κ3) is 3.26. The third-order valence-corrected chi connectivity index (χ3v) is 3.24. The number of halogens is 2. The van der Waals surface area contributed by atoms with Crippen LogP contribution < -0.4 is 5.32 Å². The Labute approximate surface area is 107 Å². The first-order valence-corrected chi connectivity index (χ1v) is 6.27. The molecule has 1 aromatic rings. The standard InChI is InChI=1S/C12H13BrFNO2/c13-9-1-2-10(11(14)5-9)12(16)15-6-8-3-4-17-7-8/h1-2,5,8H,3-4,6-7H2,(H,15,16). The number of amides is 1. The Morgan fingerprint density at radius 1 is 1.59 bits per heavy atom. The molecule has 1 saturated heterocycles. The lowest BCUT2D eigenvalue weighted by Crippen LogP contribution is -2.30. The SMILES string of the molecule is O=C(NCC1CCOC1)c1ccc(Br)cc1F. The van der Waals surface area contributed by atoms with Crippen molar-refractivity contribution in [2.45, 2.75) is 6.42 Å². The van der Waals surface area contributed by atoms with Gasteiger partial charge in [0.2, 0.25) is 0 Å². The molecule has 1 aliphatic rings. The van der Waals surface area contributed by atoms with Gasteiger partial charge in [0.25, 0.3) is 5.91 Å². The molecule has 0 spiro atoms. The van der Waals surface area contributed by atoms with Crippen molar-refractivity contribution in [3.63, 3.8) is 0 Å². The van der Waals surface area contributed by atoms with Gasteiger partial charge in [0, 0.05) is 23.5 Å². The Morgan fingerprint density at radius 2 is 2.41 bits per heavy atom. The van der Waals surface area contributed by atoms with Gasteiger partial charge in [-0.2, -0.15) is 0 Å². The predicted molar refractivity (Wildman–Crippen MR) is 65.4 cm³/mol. The van der Waals surface area contributed by atoms with Crippen molar-refractivity contribution in [1.29, 1.82) is 0 Å². The average Bonchev–Trinajstić information content (AvgIpc) is 2.78. The van der Waals surface area contributed by atoms with Crippen LogP contribution in [0.15, 0.2) is 22.7 Å². The van der Waals surface area contributed by atoms with Crippen LogP contribution >= 0.6 is 15.9 Å². The molecule has 17 heavy (non-hydrogen) atoms. The summed E-state index contributed by atoms with van der Waals surface area (Å²) in [6.07, 6.45) is 0.948. The fourth-order valence-electron chi connectivity index (χ4n) is 1.75. The molecule has 1 amide bonds. The number of nitrogens with one attached hydrogen (secondary N) is 1. The van der Waals surface area contributed by atoms with Crippen LogP contribution in [-0.2, 0) is 4.74 Å². The van der Waals surface area contributed by atoms with Crippen LogP contribution in [0.1, 0.15) is 16.8 Å². The molecule has 1 fully saturated rings. The molecule has 1 heterocycles. The Balaban J connectivity index is 1.94. The van der Waals surface area contributed by atoms with Gasteiger partial charge in [0.1, 0.15) is 5.82 Å². The number of benzene rings is 1. The Kier molecular flexibility index (Phi) is 4.12. The molecule has 0 radical (unpaired) electrons. The highest BCUT2D eigenvalue weighted by Crippen LogP contribution is 2.16. The van der Waals surface area contributed by atoms with Gasteiger partial charge in [0.15, 0.2) is 0 Å². The van der Waals surface area contributed by atoms with E-state index >= 15 is 0 Å². The molecule has 1 N–H and O–H groups in total. The summed E-state index contributed by atoms with van der Waals surface area (Å²) < 4.78 is 19.3. The zero-order chi connectivity index (χ0) is 12.3. The zero-order valence-corrected chi connectivity index (χ0v) is 10.8. The summed E-state index contributed by atoms with van der Waals surface area (Å²) in [5, 5.41) is 2.73. The lowest BCUT2D eigenvalue weighted by molar-refractivity contribution is 0.0941. The van der Waals surface area contributed by atoms with Gasteiger partial charge < -0.3 is 10.1 Å². The summed E-state index contributed by atoms with van der Waals surface area (Å²) in [5.74, 6) is -0.543. The Bertz CT molecular complexity index is 419. The van der Waals surface area contributed by atoms with Crippen LogP contribution in [-0.4, -0.2) is 25.7 Å². The average molecular weight is 302 g/mol. The molecule has 0 aliphatic carbocycles. The molecular weight excluding hydrogens is 289 g/mol. The summed E-state index contributed by atoms with van der Waals surface area (Å²) >= 11 is 3.15. The van der Waals surface area contributed by atoms with E-state index in [0.29, 0.717) is 23.5 Å². The molecule has 3 nitrogen and oxygen atoms in total. The van der Waals surface area contributed by atoms with Crippen molar-refractivity contribution >= 4 is 21.8 Å². The summed E-state index contributed by atoms with van der Waals surface area (Å²) in [6, 6.07) is 4.41. The van der Waals surface area contributed by atoms with E-state index in [-0.39, 0.29) is 11.5 Å². The quantitative estimate of drug-likeness (QED) is 0.931. The van der Waals surface area contributed by atoms with E-state index in [2.05, 4.69) is 21.2 Å². The predicted octanol–water partition coefficient (Wildman–Crippen LogP) is 2.35. The van der Waals surface area contributed by atoms with Gasteiger partial charge >= 0.3 is 0 Å².